The first-order valence-electron chi connectivity index (χ1n) is 25.2. The van der Waals surface area contributed by atoms with Crippen LogP contribution in [-0.2, 0) is 27.9 Å². The molecule has 1 aliphatic carbocycles. The minimum Gasteiger partial charge on any atom is -0.394 e. The lowest BCUT2D eigenvalue weighted by molar-refractivity contribution is -0.338. The van der Waals surface area contributed by atoms with Crippen molar-refractivity contribution in [3.63, 3.8) is 0 Å². The number of phosphoric acid groups is 1. The standard InChI is InChI=1S/C46H90NO18P/c1-3-5-7-9-11-13-15-17-19-21-23-25-27-32(49)35(51)31(47-45(59)33(50)28-26-24-22-20-18-16-14-12-10-8-6-4-2)30-62-66(60,61)65-44-41(57)39(55)38(54)40(56)43(44)64-46-42(58)37(53)36(52)34(29-48)63-46/h31-44,46,48-58H,3-30H2,1-2H3,(H,47,59)(H,60,61)/t31-,32+,33?,34+,35-,36+,37?,38?,39?,40+,41?,42?,43?,44-,46+/m0/s1. The zero-order chi connectivity index (χ0) is 49.1. The van der Waals surface area contributed by atoms with Gasteiger partial charge in [-0.15, -0.1) is 0 Å². The second kappa shape index (κ2) is 34.4. The van der Waals surface area contributed by atoms with Crippen molar-refractivity contribution in [1.82, 2.24) is 5.32 Å². The highest BCUT2D eigenvalue weighted by Crippen LogP contribution is 2.48. The molecule has 16 atom stereocenters. The van der Waals surface area contributed by atoms with Crippen LogP contribution in [0.3, 0.4) is 0 Å². The molecule has 0 bridgehead atoms. The van der Waals surface area contributed by atoms with Crippen molar-refractivity contribution >= 4 is 13.7 Å². The number of amides is 1. The fraction of sp³-hybridized carbons (Fsp3) is 0.978. The molecule has 2 rings (SSSR count). The van der Waals surface area contributed by atoms with Crippen LogP contribution in [0.15, 0.2) is 0 Å². The Bertz CT molecular complexity index is 1290. The van der Waals surface area contributed by atoms with Gasteiger partial charge in [-0.25, -0.2) is 4.57 Å². The highest BCUT2D eigenvalue weighted by atomic mass is 31.2. The van der Waals surface area contributed by atoms with E-state index in [1.807, 2.05) is 0 Å². The third kappa shape index (κ3) is 22.4. The molecular weight excluding hydrogens is 885 g/mol. The van der Waals surface area contributed by atoms with E-state index in [2.05, 4.69) is 19.2 Å². The van der Waals surface area contributed by atoms with Crippen molar-refractivity contribution in [3.8, 4) is 0 Å². The normalized spacial score (nSPS) is 29.8. The van der Waals surface area contributed by atoms with Crippen LogP contribution in [0.1, 0.15) is 181 Å². The van der Waals surface area contributed by atoms with E-state index in [9.17, 15) is 70.4 Å². The maximum atomic E-state index is 13.5. The Labute approximate surface area is 392 Å². The molecule has 8 unspecified atom stereocenters. The van der Waals surface area contributed by atoms with Crippen molar-refractivity contribution in [2.75, 3.05) is 13.2 Å². The zero-order valence-electron chi connectivity index (χ0n) is 39.7. The highest BCUT2D eigenvalue weighted by molar-refractivity contribution is 7.47. The lowest BCUT2D eigenvalue weighted by Gasteiger charge is -2.47. The number of unbranched alkanes of at least 4 members (excludes halogenated alkanes) is 22. The summed E-state index contributed by atoms with van der Waals surface area (Å²) in [5.41, 5.74) is 0. The number of ether oxygens (including phenoxy) is 2. The molecule has 0 aromatic rings. The fourth-order valence-corrected chi connectivity index (χ4v) is 9.56. The van der Waals surface area contributed by atoms with Crippen molar-refractivity contribution in [3.05, 3.63) is 0 Å². The van der Waals surface area contributed by atoms with Gasteiger partial charge in [0.2, 0.25) is 5.91 Å². The van der Waals surface area contributed by atoms with Crippen LogP contribution in [0, 0.1) is 0 Å². The van der Waals surface area contributed by atoms with Crippen molar-refractivity contribution in [1.29, 1.82) is 0 Å². The number of nitrogens with one attached hydrogen (secondary N) is 1. The second-order valence-corrected chi connectivity index (χ2v) is 20.0. The maximum Gasteiger partial charge on any atom is 0.472 e. The number of phosphoric ester groups is 1. The number of aliphatic hydroxyl groups is 11. The van der Waals surface area contributed by atoms with E-state index in [0.717, 1.165) is 57.8 Å². The molecule has 66 heavy (non-hydrogen) atoms. The van der Waals surface area contributed by atoms with Crippen LogP contribution in [0.4, 0.5) is 0 Å². The van der Waals surface area contributed by atoms with Gasteiger partial charge < -0.3 is 75.9 Å². The van der Waals surface area contributed by atoms with Gasteiger partial charge in [-0.3, -0.25) is 13.8 Å². The largest absolute Gasteiger partial charge is 0.472 e. The number of rotatable bonds is 38. The molecule has 0 radical (unpaired) electrons. The van der Waals surface area contributed by atoms with Crippen LogP contribution in [-0.4, -0.2) is 172 Å². The molecule has 1 amide bonds. The quantitative estimate of drug-likeness (QED) is 0.0312. The maximum absolute atomic E-state index is 13.5. The zero-order valence-corrected chi connectivity index (χ0v) is 40.6. The van der Waals surface area contributed by atoms with E-state index in [-0.39, 0.29) is 12.8 Å². The number of carbonyl (C=O) groups is 1. The molecule has 2 fully saturated rings. The van der Waals surface area contributed by atoms with Crippen molar-refractivity contribution in [2.24, 2.45) is 0 Å². The topological polar surface area (TPSA) is 326 Å². The minimum atomic E-state index is -5.48. The highest BCUT2D eigenvalue weighted by Gasteiger charge is 2.55. The van der Waals surface area contributed by atoms with Crippen molar-refractivity contribution in [2.45, 2.75) is 272 Å². The second-order valence-electron chi connectivity index (χ2n) is 18.6. The number of hydrogen-bond acceptors (Lipinski definition) is 17. The van der Waals surface area contributed by atoms with E-state index in [0.29, 0.717) is 12.8 Å². The summed E-state index contributed by atoms with van der Waals surface area (Å²) in [6.45, 7) is 2.54. The Kier molecular flexibility index (Phi) is 31.9. The third-order valence-corrected chi connectivity index (χ3v) is 14.0. The minimum absolute atomic E-state index is 0.0991. The molecule has 0 spiro atoms. The van der Waals surface area contributed by atoms with E-state index in [4.69, 9.17) is 18.5 Å². The third-order valence-electron chi connectivity index (χ3n) is 13.0. The van der Waals surface area contributed by atoms with Crippen LogP contribution in [0.25, 0.3) is 0 Å². The van der Waals surface area contributed by atoms with E-state index in [1.54, 1.807) is 0 Å². The Morgan fingerprint density at radius 3 is 1.44 bits per heavy atom. The van der Waals surface area contributed by atoms with Crippen LogP contribution in [0.2, 0.25) is 0 Å². The van der Waals surface area contributed by atoms with Gasteiger partial charge in [-0.05, 0) is 12.8 Å². The van der Waals surface area contributed by atoms with Crippen LogP contribution < -0.4 is 5.32 Å². The smallest absolute Gasteiger partial charge is 0.394 e. The van der Waals surface area contributed by atoms with Crippen LogP contribution in [0.5, 0.6) is 0 Å². The van der Waals surface area contributed by atoms with Crippen molar-refractivity contribution < 1.29 is 88.9 Å². The molecule has 0 aromatic carbocycles. The molecular formula is C46H90NO18P. The van der Waals surface area contributed by atoms with E-state index < -0.39 is 119 Å². The van der Waals surface area contributed by atoms with Crippen LogP contribution >= 0.6 is 7.82 Å². The van der Waals surface area contributed by atoms with Gasteiger partial charge >= 0.3 is 7.82 Å². The molecule has 392 valence electrons. The lowest BCUT2D eigenvalue weighted by atomic mass is 9.84. The van der Waals surface area contributed by atoms with Gasteiger partial charge in [0.25, 0.3) is 0 Å². The lowest BCUT2D eigenvalue weighted by Crippen LogP contribution is -2.67. The van der Waals surface area contributed by atoms with Gasteiger partial charge in [0, 0.05) is 0 Å². The molecule has 2 aliphatic rings. The summed E-state index contributed by atoms with van der Waals surface area (Å²) in [6, 6.07) is -1.58. The first kappa shape index (κ1) is 61.2. The average molecular weight is 976 g/mol. The first-order valence-corrected chi connectivity index (χ1v) is 26.7. The van der Waals surface area contributed by atoms with Gasteiger partial charge in [-0.2, -0.15) is 0 Å². The molecule has 1 aliphatic heterocycles. The molecule has 0 aromatic heterocycles. The Balaban J connectivity index is 2.06. The Morgan fingerprint density at radius 2 is 0.985 bits per heavy atom. The summed E-state index contributed by atoms with van der Waals surface area (Å²) < 4.78 is 34.6. The summed E-state index contributed by atoms with van der Waals surface area (Å²) in [5, 5.41) is 119. The number of hydrogen-bond donors (Lipinski definition) is 13. The Morgan fingerprint density at radius 1 is 0.576 bits per heavy atom. The van der Waals surface area contributed by atoms with Gasteiger partial charge in [0.15, 0.2) is 6.29 Å². The predicted octanol–water partition coefficient (Wildman–Crippen LogP) is 2.88. The molecule has 13 N–H and O–H groups in total. The summed E-state index contributed by atoms with van der Waals surface area (Å²) >= 11 is 0. The first-order chi connectivity index (χ1) is 31.5. The Hall–Kier alpha value is -0.940. The summed E-state index contributed by atoms with van der Waals surface area (Å²) in [4.78, 5) is 24.1. The number of aliphatic hydroxyl groups excluding tert-OH is 11. The van der Waals surface area contributed by atoms with E-state index in [1.165, 1.54) is 83.5 Å². The fourth-order valence-electron chi connectivity index (χ4n) is 8.60. The molecule has 20 heteroatoms. The monoisotopic (exact) mass is 976 g/mol. The SMILES string of the molecule is CCCCCCCCCCCCCCC(O)C(=O)N[C@@H](COP(=O)(O)O[C@H]1C(O)C(O)C(O)[C@@H](O)C1O[C@H]1O[C@H](CO)[C@@H](O)C(O)C1O)[C@H](O)[C@H](O)CCCCCCCCCCCCCC. The molecule has 1 saturated heterocycles. The molecule has 19 nitrogen and oxygen atoms in total. The summed E-state index contributed by atoms with van der Waals surface area (Å²) in [7, 11) is -5.48. The van der Waals surface area contributed by atoms with Gasteiger partial charge in [0.05, 0.1) is 25.4 Å². The average Bonchev–Trinajstić information content (AvgIpc) is 3.30. The predicted molar refractivity (Wildman–Crippen MR) is 245 cm³/mol. The summed E-state index contributed by atoms with van der Waals surface area (Å²) in [6.07, 6.45) is -0.828. The molecule has 1 heterocycles. The van der Waals surface area contributed by atoms with Gasteiger partial charge in [0.1, 0.15) is 73.2 Å². The summed E-state index contributed by atoms with van der Waals surface area (Å²) in [5.74, 6) is -0.923. The van der Waals surface area contributed by atoms with Gasteiger partial charge in [-0.1, -0.05) is 168 Å². The molecule has 1 saturated carbocycles. The number of carbonyl (C=O) groups excluding carboxylic acids is 1. The van der Waals surface area contributed by atoms with E-state index >= 15 is 0 Å².